The van der Waals surface area contributed by atoms with Gasteiger partial charge in [-0.15, -0.1) is 0 Å². The number of methoxy groups -OCH3 is 2. The molecule has 0 atom stereocenters. The zero-order chi connectivity index (χ0) is 22.7. The maximum atomic E-state index is 13.5. The Morgan fingerprint density at radius 3 is 2.39 bits per heavy atom. The minimum Gasteiger partial charge on any atom is -0.493 e. The number of benzene rings is 2. The van der Waals surface area contributed by atoms with Gasteiger partial charge in [-0.05, 0) is 63.1 Å². The standard InChI is InChI=1S/C25H27NO5/c1-7-31-25(28)22-17(4)26(19-12-11-15(2)16(3)13-19)24(27)20(22)14-18-9-8-10-21(29-5)23(18)30-6/h8-14H,7H2,1-6H3/b20-14-. The Morgan fingerprint density at radius 1 is 1.03 bits per heavy atom. The van der Waals surface area contributed by atoms with Crippen LogP contribution >= 0.6 is 0 Å². The fraction of sp³-hybridized carbons (Fsp3) is 0.280. The molecule has 0 saturated heterocycles. The van der Waals surface area contributed by atoms with Crippen molar-refractivity contribution in [3.05, 3.63) is 69.9 Å². The van der Waals surface area contributed by atoms with Crippen molar-refractivity contribution < 1.29 is 23.8 Å². The summed E-state index contributed by atoms with van der Waals surface area (Å²) < 4.78 is 16.1. The van der Waals surface area contributed by atoms with Crippen LogP contribution in [0.3, 0.4) is 0 Å². The Bertz CT molecular complexity index is 1100. The third kappa shape index (κ3) is 4.06. The van der Waals surface area contributed by atoms with Crippen molar-refractivity contribution in [1.29, 1.82) is 0 Å². The van der Waals surface area contributed by atoms with E-state index in [1.807, 2.05) is 32.0 Å². The van der Waals surface area contributed by atoms with Crippen molar-refractivity contribution in [1.82, 2.24) is 0 Å². The smallest absolute Gasteiger partial charge is 0.340 e. The van der Waals surface area contributed by atoms with Crippen LogP contribution in [0.25, 0.3) is 6.08 Å². The van der Waals surface area contributed by atoms with Gasteiger partial charge in [0, 0.05) is 16.9 Å². The van der Waals surface area contributed by atoms with Gasteiger partial charge in [-0.25, -0.2) is 4.79 Å². The zero-order valence-corrected chi connectivity index (χ0v) is 18.7. The van der Waals surface area contributed by atoms with E-state index in [2.05, 4.69) is 0 Å². The van der Waals surface area contributed by atoms with E-state index in [1.54, 1.807) is 50.1 Å². The molecule has 3 rings (SSSR count). The summed E-state index contributed by atoms with van der Waals surface area (Å²) in [6, 6.07) is 11.2. The number of hydrogen-bond donors (Lipinski definition) is 0. The van der Waals surface area contributed by atoms with E-state index in [1.165, 1.54) is 7.11 Å². The quantitative estimate of drug-likeness (QED) is 0.504. The molecule has 0 aliphatic carbocycles. The highest BCUT2D eigenvalue weighted by Crippen LogP contribution is 2.38. The van der Waals surface area contributed by atoms with Gasteiger partial charge in [0.1, 0.15) is 0 Å². The second-order valence-electron chi connectivity index (χ2n) is 7.23. The molecule has 0 N–H and O–H groups in total. The number of carbonyl (C=O) groups excluding carboxylic acids is 2. The first kappa shape index (κ1) is 22.2. The second-order valence-corrected chi connectivity index (χ2v) is 7.23. The number of esters is 1. The molecule has 162 valence electrons. The predicted octanol–water partition coefficient (Wildman–Crippen LogP) is 4.59. The summed E-state index contributed by atoms with van der Waals surface area (Å²) in [7, 11) is 3.08. The normalized spacial score (nSPS) is 15.0. The SMILES string of the molecule is CCOC(=O)C1=C(C)N(c2ccc(C)c(C)c2)C(=O)/C1=C\c1cccc(OC)c1OC. The van der Waals surface area contributed by atoms with Crippen LogP contribution in [0.1, 0.15) is 30.5 Å². The van der Waals surface area contributed by atoms with Crippen LogP contribution in [0.4, 0.5) is 5.69 Å². The van der Waals surface area contributed by atoms with E-state index < -0.39 is 5.97 Å². The zero-order valence-electron chi connectivity index (χ0n) is 18.7. The third-order valence-corrected chi connectivity index (χ3v) is 5.36. The van der Waals surface area contributed by atoms with Crippen LogP contribution in [0.5, 0.6) is 11.5 Å². The van der Waals surface area contributed by atoms with Crippen molar-refractivity contribution in [2.24, 2.45) is 0 Å². The van der Waals surface area contributed by atoms with E-state index in [0.717, 1.165) is 11.1 Å². The molecule has 0 fully saturated rings. The molecule has 1 heterocycles. The number of allylic oxidation sites excluding steroid dienone is 1. The fourth-order valence-corrected chi connectivity index (χ4v) is 3.64. The minimum atomic E-state index is -0.534. The Balaban J connectivity index is 2.20. The first-order valence-corrected chi connectivity index (χ1v) is 10.1. The van der Waals surface area contributed by atoms with Crippen LogP contribution in [-0.4, -0.2) is 32.7 Å². The van der Waals surface area contributed by atoms with Crippen LogP contribution in [-0.2, 0) is 14.3 Å². The number of ether oxygens (including phenoxy) is 3. The maximum absolute atomic E-state index is 13.5. The van der Waals surface area contributed by atoms with E-state index in [4.69, 9.17) is 14.2 Å². The third-order valence-electron chi connectivity index (χ3n) is 5.36. The van der Waals surface area contributed by atoms with Gasteiger partial charge < -0.3 is 14.2 Å². The molecule has 1 amide bonds. The Labute approximate surface area is 182 Å². The number of anilines is 1. The monoisotopic (exact) mass is 421 g/mol. The van der Waals surface area contributed by atoms with Gasteiger partial charge in [0.2, 0.25) is 0 Å². The van der Waals surface area contributed by atoms with E-state index in [9.17, 15) is 9.59 Å². The van der Waals surface area contributed by atoms with Crippen molar-refractivity contribution >= 4 is 23.6 Å². The molecule has 2 aromatic carbocycles. The molecular weight excluding hydrogens is 394 g/mol. The van der Waals surface area contributed by atoms with Crippen LogP contribution in [0, 0.1) is 13.8 Å². The summed E-state index contributed by atoms with van der Waals surface area (Å²) in [6.07, 6.45) is 1.65. The lowest BCUT2D eigenvalue weighted by molar-refractivity contribution is -0.138. The summed E-state index contributed by atoms with van der Waals surface area (Å²) in [4.78, 5) is 27.9. The number of hydrogen-bond acceptors (Lipinski definition) is 5. The van der Waals surface area contributed by atoms with Crippen molar-refractivity contribution in [3.63, 3.8) is 0 Å². The molecule has 0 radical (unpaired) electrons. The number of amides is 1. The van der Waals surface area contributed by atoms with Gasteiger partial charge in [-0.1, -0.05) is 18.2 Å². The molecule has 6 nitrogen and oxygen atoms in total. The first-order valence-electron chi connectivity index (χ1n) is 10.1. The van der Waals surface area contributed by atoms with Gasteiger partial charge in [0.05, 0.1) is 32.0 Å². The lowest BCUT2D eigenvalue weighted by Crippen LogP contribution is -2.24. The van der Waals surface area contributed by atoms with Gasteiger partial charge in [-0.3, -0.25) is 9.69 Å². The topological polar surface area (TPSA) is 65.1 Å². The van der Waals surface area contributed by atoms with Crippen LogP contribution in [0.15, 0.2) is 53.2 Å². The minimum absolute atomic E-state index is 0.212. The highest BCUT2D eigenvalue weighted by Gasteiger charge is 2.38. The second kappa shape index (κ2) is 9.08. The van der Waals surface area contributed by atoms with Crippen molar-refractivity contribution in [3.8, 4) is 11.5 Å². The molecule has 0 bridgehead atoms. The molecule has 2 aromatic rings. The molecule has 1 aliphatic heterocycles. The maximum Gasteiger partial charge on any atom is 0.340 e. The highest BCUT2D eigenvalue weighted by atomic mass is 16.5. The Morgan fingerprint density at radius 2 is 1.77 bits per heavy atom. The van der Waals surface area contributed by atoms with E-state index >= 15 is 0 Å². The van der Waals surface area contributed by atoms with Gasteiger partial charge in [0.15, 0.2) is 11.5 Å². The number of para-hydroxylation sites is 1. The summed E-state index contributed by atoms with van der Waals surface area (Å²) in [6.45, 7) is 7.70. The number of carbonyl (C=O) groups is 2. The van der Waals surface area contributed by atoms with Crippen molar-refractivity contribution in [2.45, 2.75) is 27.7 Å². The number of nitrogens with zero attached hydrogens (tertiary/aromatic N) is 1. The average molecular weight is 421 g/mol. The van der Waals surface area contributed by atoms with E-state index in [0.29, 0.717) is 28.4 Å². The summed E-state index contributed by atoms with van der Waals surface area (Å²) >= 11 is 0. The predicted molar refractivity (Wildman–Crippen MR) is 120 cm³/mol. The molecule has 0 spiro atoms. The van der Waals surface area contributed by atoms with Gasteiger partial charge >= 0.3 is 5.97 Å². The fourth-order valence-electron chi connectivity index (χ4n) is 3.64. The average Bonchev–Trinajstić information content (AvgIpc) is 2.99. The lowest BCUT2D eigenvalue weighted by atomic mass is 10.0. The molecule has 31 heavy (non-hydrogen) atoms. The molecular formula is C25H27NO5. The van der Waals surface area contributed by atoms with Crippen LogP contribution < -0.4 is 14.4 Å². The number of rotatable bonds is 6. The molecule has 0 aromatic heterocycles. The molecule has 0 saturated carbocycles. The highest BCUT2D eigenvalue weighted by molar-refractivity contribution is 6.24. The first-order chi connectivity index (χ1) is 14.8. The summed E-state index contributed by atoms with van der Waals surface area (Å²) in [5.74, 6) is 0.184. The molecule has 0 unspecified atom stereocenters. The van der Waals surface area contributed by atoms with E-state index in [-0.39, 0.29) is 23.7 Å². The number of aryl methyl sites for hydroxylation is 2. The summed E-state index contributed by atoms with van der Waals surface area (Å²) in [5, 5.41) is 0. The lowest BCUT2D eigenvalue weighted by Gasteiger charge is -2.19. The molecule has 6 heteroatoms. The molecule has 1 aliphatic rings. The Kier molecular flexibility index (Phi) is 6.49. The van der Waals surface area contributed by atoms with Crippen LogP contribution in [0.2, 0.25) is 0 Å². The van der Waals surface area contributed by atoms with Crippen molar-refractivity contribution in [2.75, 3.05) is 25.7 Å². The largest absolute Gasteiger partial charge is 0.493 e. The Hall–Kier alpha value is -3.54. The summed E-state index contributed by atoms with van der Waals surface area (Å²) in [5.41, 5.74) is 4.54. The van der Waals surface area contributed by atoms with Gasteiger partial charge in [0.25, 0.3) is 5.91 Å². The van der Waals surface area contributed by atoms with Gasteiger partial charge in [-0.2, -0.15) is 0 Å².